The molecular formula is C15H23ClN2O2S. The van der Waals surface area contributed by atoms with Gasteiger partial charge in [0.2, 0.25) is 5.91 Å². The predicted molar refractivity (Wildman–Crippen MR) is 90.1 cm³/mol. The van der Waals surface area contributed by atoms with Gasteiger partial charge in [-0.05, 0) is 36.6 Å². The number of carbonyl (C=O) groups is 1. The Hall–Kier alpha value is -0.910. The summed E-state index contributed by atoms with van der Waals surface area (Å²) in [6, 6.07) is 5.35. The van der Waals surface area contributed by atoms with Crippen molar-refractivity contribution in [2.24, 2.45) is 11.5 Å². The molecule has 118 valence electrons. The van der Waals surface area contributed by atoms with E-state index in [1.54, 1.807) is 23.9 Å². The second-order valence-corrected chi connectivity index (χ2v) is 7.60. The second-order valence-electron chi connectivity index (χ2n) is 6.01. The minimum atomic E-state index is -0.309. The van der Waals surface area contributed by atoms with E-state index in [0.717, 1.165) is 12.0 Å². The number of phenols is 1. The summed E-state index contributed by atoms with van der Waals surface area (Å²) in [7, 11) is 0. The lowest BCUT2D eigenvalue weighted by molar-refractivity contribution is -0.117. The van der Waals surface area contributed by atoms with Crippen LogP contribution in [0.25, 0.3) is 0 Å². The molecule has 0 radical (unpaired) electrons. The van der Waals surface area contributed by atoms with Crippen molar-refractivity contribution in [1.82, 2.24) is 0 Å². The molecule has 1 aliphatic rings. The standard InChI is InChI=1S/C15H22N2O2S.ClH/c1-8(14(17)19)20-12-6-9-4-5-10(18)7-11(9)15(2,3)13(12)16;/h4-5,7-8,12-13,18H,6,16H2,1-3H3,(H2,17,19);1H/t8?,12-,13+;/m0./s1. The smallest absolute Gasteiger partial charge is 0.230 e. The summed E-state index contributed by atoms with van der Waals surface area (Å²) in [5.41, 5.74) is 13.8. The lowest BCUT2D eigenvalue weighted by atomic mass is 9.69. The average molecular weight is 331 g/mol. The van der Waals surface area contributed by atoms with E-state index in [-0.39, 0.29) is 46.0 Å². The normalized spacial score (nSPS) is 24.6. The Kier molecular flexibility index (Phi) is 5.58. The van der Waals surface area contributed by atoms with E-state index in [1.807, 2.05) is 13.0 Å². The number of amides is 1. The molecule has 5 N–H and O–H groups in total. The number of thioether (sulfide) groups is 1. The predicted octanol–water partition coefficient (Wildman–Crippen LogP) is 1.95. The first-order chi connectivity index (χ1) is 9.23. The zero-order chi connectivity index (χ0) is 15.1. The number of primary amides is 1. The highest BCUT2D eigenvalue weighted by molar-refractivity contribution is 8.01. The highest BCUT2D eigenvalue weighted by Crippen LogP contribution is 2.42. The van der Waals surface area contributed by atoms with Crippen LogP contribution in [0.3, 0.4) is 0 Å². The van der Waals surface area contributed by atoms with Gasteiger partial charge < -0.3 is 16.6 Å². The highest BCUT2D eigenvalue weighted by atomic mass is 35.5. The van der Waals surface area contributed by atoms with Crippen LogP contribution >= 0.6 is 24.2 Å². The maximum absolute atomic E-state index is 11.3. The third-order valence-electron chi connectivity index (χ3n) is 4.22. The molecule has 0 spiro atoms. The van der Waals surface area contributed by atoms with E-state index in [4.69, 9.17) is 11.5 Å². The van der Waals surface area contributed by atoms with Crippen molar-refractivity contribution >= 4 is 30.1 Å². The first-order valence-corrected chi connectivity index (χ1v) is 7.70. The Labute approximate surface area is 136 Å². The minimum Gasteiger partial charge on any atom is -0.508 e. The number of carbonyl (C=O) groups excluding carboxylic acids is 1. The van der Waals surface area contributed by atoms with Crippen LogP contribution in [0.15, 0.2) is 18.2 Å². The van der Waals surface area contributed by atoms with Gasteiger partial charge in [0.1, 0.15) is 5.75 Å². The Morgan fingerprint density at radius 3 is 2.67 bits per heavy atom. The lowest BCUT2D eigenvalue weighted by Gasteiger charge is -2.43. The number of phenolic OH excluding ortho intramolecular Hbond substituents is 1. The van der Waals surface area contributed by atoms with Crippen LogP contribution in [-0.2, 0) is 16.6 Å². The summed E-state index contributed by atoms with van der Waals surface area (Å²) in [6.45, 7) is 5.98. The molecule has 21 heavy (non-hydrogen) atoms. The lowest BCUT2D eigenvalue weighted by Crippen LogP contribution is -2.53. The number of rotatable bonds is 3. The van der Waals surface area contributed by atoms with E-state index in [2.05, 4.69) is 13.8 Å². The van der Waals surface area contributed by atoms with Crippen molar-refractivity contribution in [2.75, 3.05) is 0 Å². The first-order valence-electron chi connectivity index (χ1n) is 6.76. The van der Waals surface area contributed by atoms with Gasteiger partial charge in [-0.1, -0.05) is 19.9 Å². The maximum atomic E-state index is 11.3. The molecule has 3 atom stereocenters. The zero-order valence-electron chi connectivity index (χ0n) is 12.5. The Morgan fingerprint density at radius 1 is 1.48 bits per heavy atom. The van der Waals surface area contributed by atoms with Crippen LogP contribution in [0, 0.1) is 0 Å². The van der Waals surface area contributed by atoms with Crippen molar-refractivity contribution in [3.8, 4) is 5.75 Å². The monoisotopic (exact) mass is 330 g/mol. The molecule has 1 unspecified atom stereocenters. The molecule has 1 aromatic carbocycles. The van der Waals surface area contributed by atoms with Crippen LogP contribution < -0.4 is 11.5 Å². The maximum Gasteiger partial charge on any atom is 0.230 e. The summed E-state index contributed by atoms with van der Waals surface area (Å²) >= 11 is 1.54. The van der Waals surface area contributed by atoms with Crippen molar-refractivity contribution in [3.05, 3.63) is 29.3 Å². The number of aromatic hydroxyl groups is 1. The fourth-order valence-corrected chi connectivity index (χ4v) is 4.24. The SMILES string of the molecule is CC(S[C@H]1Cc2ccc(O)cc2C(C)(C)[C@@H]1N)C(N)=O.Cl. The molecule has 0 aliphatic heterocycles. The number of halogens is 1. The molecule has 1 aromatic rings. The van der Waals surface area contributed by atoms with Gasteiger partial charge in [0.05, 0.1) is 5.25 Å². The van der Waals surface area contributed by atoms with Crippen LogP contribution in [0.4, 0.5) is 0 Å². The number of fused-ring (bicyclic) bond motifs is 1. The van der Waals surface area contributed by atoms with Crippen molar-refractivity contribution < 1.29 is 9.90 Å². The molecule has 0 aromatic heterocycles. The highest BCUT2D eigenvalue weighted by Gasteiger charge is 2.41. The molecule has 0 fully saturated rings. The third kappa shape index (κ3) is 3.47. The van der Waals surface area contributed by atoms with Gasteiger partial charge in [-0.3, -0.25) is 4.79 Å². The Morgan fingerprint density at radius 2 is 2.10 bits per heavy atom. The molecule has 4 nitrogen and oxygen atoms in total. The quantitative estimate of drug-likeness (QED) is 0.790. The van der Waals surface area contributed by atoms with Gasteiger partial charge >= 0.3 is 0 Å². The van der Waals surface area contributed by atoms with Crippen LogP contribution in [-0.4, -0.2) is 27.6 Å². The number of benzene rings is 1. The Balaban J connectivity index is 0.00000220. The summed E-state index contributed by atoms with van der Waals surface area (Å²) in [6.07, 6.45) is 0.794. The van der Waals surface area contributed by atoms with E-state index in [0.29, 0.717) is 0 Å². The Bertz CT molecular complexity index is 536. The van der Waals surface area contributed by atoms with Gasteiger partial charge in [0.25, 0.3) is 0 Å². The summed E-state index contributed by atoms with van der Waals surface area (Å²) in [4.78, 5) is 11.3. The van der Waals surface area contributed by atoms with E-state index < -0.39 is 0 Å². The van der Waals surface area contributed by atoms with Crippen molar-refractivity contribution in [3.63, 3.8) is 0 Å². The largest absolute Gasteiger partial charge is 0.508 e. The molecule has 1 amide bonds. The molecule has 0 saturated carbocycles. The van der Waals surface area contributed by atoms with E-state index in [9.17, 15) is 9.90 Å². The molecule has 0 bridgehead atoms. The summed E-state index contributed by atoms with van der Waals surface area (Å²) in [5, 5.41) is 9.58. The van der Waals surface area contributed by atoms with Gasteiger partial charge in [0, 0.05) is 16.7 Å². The van der Waals surface area contributed by atoms with Crippen molar-refractivity contribution in [2.45, 2.75) is 49.1 Å². The number of nitrogens with two attached hydrogens (primary N) is 2. The van der Waals surface area contributed by atoms with Gasteiger partial charge in [-0.2, -0.15) is 0 Å². The zero-order valence-corrected chi connectivity index (χ0v) is 14.1. The minimum absolute atomic E-state index is 0. The topological polar surface area (TPSA) is 89.3 Å². The molecule has 6 heteroatoms. The van der Waals surface area contributed by atoms with Gasteiger partial charge in [-0.15, -0.1) is 24.2 Å². The molecule has 2 rings (SSSR count). The summed E-state index contributed by atoms with van der Waals surface area (Å²) < 4.78 is 0. The van der Waals surface area contributed by atoms with E-state index in [1.165, 1.54) is 5.56 Å². The molecule has 0 heterocycles. The number of hydrogen-bond acceptors (Lipinski definition) is 4. The van der Waals surface area contributed by atoms with Crippen LogP contribution in [0.2, 0.25) is 0 Å². The van der Waals surface area contributed by atoms with Crippen LogP contribution in [0.1, 0.15) is 31.9 Å². The van der Waals surface area contributed by atoms with E-state index >= 15 is 0 Å². The molecule has 1 aliphatic carbocycles. The van der Waals surface area contributed by atoms with Gasteiger partial charge in [-0.25, -0.2) is 0 Å². The molecular weight excluding hydrogens is 308 g/mol. The third-order valence-corrected chi connectivity index (χ3v) is 5.67. The number of hydrogen-bond donors (Lipinski definition) is 3. The van der Waals surface area contributed by atoms with Gasteiger partial charge in [0.15, 0.2) is 0 Å². The fourth-order valence-electron chi connectivity index (χ4n) is 2.79. The summed E-state index contributed by atoms with van der Waals surface area (Å²) in [5.74, 6) is -0.0443. The average Bonchev–Trinajstić information content (AvgIpc) is 2.37. The van der Waals surface area contributed by atoms with Crippen LogP contribution in [0.5, 0.6) is 5.75 Å². The first kappa shape index (κ1) is 18.1. The second kappa shape index (κ2) is 6.46. The fraction of sp³-hybridized carbons (Fsp3) is 0.533. The molecule has 0 saturated heterocycles. The van der Waals surface area contributed by atoms with Crippen molar-refractivity contribution in [1.29, 1.82) is 0 Å².